The van der Waals surface area contributed by atoms with Crippen LogP contribution in [0.15, 0.2) is 18.3 Å². The highest BCUT2D eigenvalue weighted by Gasteiger charge is 2.11. The maximum absolute atomic E-state index is 5.55. The van der Waals surface area contributed by atoms with Crippen molar-refractivity contribution in [2.45, 2.75) is 6.54 Å². The summed E-state index contributed by atoms with van der Waals surface area (Å²) in [7, 11) is 2.00. The Bertz CT molecular complexity index is 329. The molecule has 2 rings (SSSR count). The Balaban J connectivity index is 2.21. The molecule has 0 unspecified atom stereocenters. The van der Waals surface area contributed by atoms with Crippen LogP contribution in [0.2, 0.25) is 0 Å². The van der Waals surface area contributed by atoms with Gasteiger partial charge >= 0.3 is 0 Å². The second kappa shape index (κ2) is 3.49. The first-order chi connectivity index (χ1) is 6.29. The Morgan fingerprint density at radius 3 is 3.00 bits per heavy atom. The molecule has 0 atom stereocenters. The summed E-state index contributed by atoms with van der Waals surface area (Å²) in [5, 5.41) is 1.98. The van der Waals surface area contributed by atoms with E-state index in [-0.39, 0.29) is 0 Å². The van der Waals surface area contributed by atoms with Crippen molar-refractivity contribution in [2.24, 2.45) is 5.73 Å². The molecule has 70 valence electrons. The predicted octanol–water partition coefficient (Wildman–Crippen LogP) is 0.998. The summed E-state index contributed by atoms with van der Waals surface area (Å²) in [5.41, 5.74) is 10.1. The minimum absolute atomic E-state index is 0.640. The molecular formula is C9H13N3S. The van der Waals surface area contributed by atoms with Gasteiger partial charge in [0.1, 0.15) is 0 Å². The van der Waals surface area contributed by atoms with Crippen LogP contribution in [-0.2, 0) is 6.54 Å². The Morgan fingerprint density at radius 1 is 1.62 bits per heavy atom. The summed E-state index contributed by atoms with van der Waals surface area (Å²) in [6.07, 6.45) is 2.12. The highest BCUT2D eigenvalue weighted by Crippen LogP contribution is 2.25. The molecule has 0 fully saturated rings. The van der Waals surface area contributed by atoms with Gasteiger partial charge in [-0.15, -0.1) is 11.3 Å². The van der Waals surface area contributed by atoms with Crippen LogP contribution in [0.5, 0.6) is 0 Å². The lowest BCUT2D eigenvalue weighted by Crippen LogP contribution is -2.23. The highest BCUT2D eigenvalue weighted by molar-refractivity contribution is 7.13. The molecule has 0 saturated carbocycles. The molecule has 1 aliphatic heterocycles. The van der Waals surface area contributed by atoms with Gasteiger partial charge in [0.15, 0.2) is 0 Å². The first-order valence-corrected chi connectivity index (χ1v) is 5.07. The Hall–Kier alpha value is -0.840. The zero-order chi connectivity index (χ0) is 9.26. The fourth-order valence-electron chi connectivity index (χ4n) is 1.35. The van der Waals surface area contributed by atoms with Gasteiger partial charge in [-0.05, 0) is 12.1 Å². The van der Waals surface area contributed by atoms with Crippen LogP contribution in [0, 0.1) is 0 Å². The maximum atomic E-state index is 5.55. The average molecular weight is 195 g/mol. The smallest absolute Gasteiger partial charge is 0.0429 e. The molecule has 3 nitrogen and oxygen atoms in total. The SMILES string of the molecule is CN1C=C(c2ccc(CN)s2)CN1. The van der Waals surface area contributed by atoms with Crippen molar-refractivity contribution in [2.75, 3.05) is 13.6 Å². The minimum Gasteiger partial charge on any atom is -0.326 e. The van der Waals surface area contributed by atoms with Crippen molar-refractivity contribution in [1.29, 1.82) is 0 Å². The lowest BCUT2D eigenvalue weighted by Gasteiger charge is -2.04. The predicted molar refractivity (Wildman–Crippen MR) is 56.0 cm³/mol. The number of hydrazine groups is 1. The second-order valence-corrected chi connectivity index (χ2v) is 4.24. The van der Waals surface area contributed by atoms with Gasteiger partial charge in [-0.2, -0.15) is 0 Å². The molecule has 3 N–H and O–H groups in total. The number of nitrogens with zero attached hydrogens (tertiary/aromatic N) is 1. The number of hydrogen-bond donors (Lipinski definition) is 2. The fraction of sp³-hybridized carbons (Fsp3) is 0.333. The standard InChI is InChI=1S/C9H13N3S/c1-12-6-7(5-11-12)9-3-2-8(4-10)13-9/h2-3,6,11H,4-5,10H2,1H3. The van der Waals surface area contributed by atoms with E-state index >= 15 is 0 Å². The summed E-state index contributed by atoms with van der Waals surface area (Å²) < 4.78 is 0. The Labute approximate surface area is 81.8 Å². The van der Waals surface area contributed by atoms with E-state index in [1.165, 1.54) is 15.3 Å². The highest BCUT2D eigenvalue weighted by atomic mass is 32.1. The van der Waals surface area contributed by atoms with Crippen molar-refractivity contribution in [1.82, 2.24) is 10.4 Å². The molecule has 13 heavy (non-hydrogen) atoms. The molecule has 4 heteroatoms. The van der Waals surface area contributed by atoms with E-state index in [9.17, 15) is 0 Å². The molecule has 0 amide bonds. The summed E-state index contributed by atoms with van der Waals surface area (Å²) in [6, 6.07) is 4.23. The number of hydrogen-bond acceptors (Lipinski definition) is 4. The fourth-order valence-corrected chi connectivity index (χ4v) is 2.24. The van der Waals surface area contributed by atoms with Gasteiger partial charge in [0, 0.05) is 41.7 Å². The van der Waals surface area contributed by atoms with Crippen LogP contribution in [0.4, 0.5) is 0 Å². The second-order valence-electron chi connectivity index (χ2n) is 3.07. The average Bonchev–Trinajstić information content (AvgIpc) is 2.71. The van der Waals surface area contributed by atoms with Gasteiger partial charge in [0.2, 0.25) is 0 Å². The molecule has 1 aliphatic rings. The Morgan fingerprint density at radius 2 is 2.46 bits per heavy atom. The van der Waals surface area contributed by atoms with E-state index in [1.807, 2.05) is 12.1 Å². The van der Waals surface area contributed by atoms with Crippen molar-refractivity contribution >= 4 is 16.9 Å². The molecule has 0 saturated heterocycles. The van der Waals surface area contributed by atoms with Crippen molar-refractivity contribution in [3.8, 4) is 0 Å². The van der Waals surface area contributed by atoms with Gasteiger partial charge in [0.25, 0.3) is 0 Å². The van der Waals surface area contributed by atoms with Gasteiger partial charge in [-0.1, -0.05) is 0 Å². The quantitative estimate of drug-likeness (QED) is 0.739. The summed E-state index contributed by atoms with van der Waals surface area (Å²) in [4.78, 5) is 2.56. The molecule has 0 spiro atoms. The van der Waals surface area contributed by atoms with Crippen LogP contribution in [0.25, 0.3) is 5.57 Å². The van der Waals surface area contributed by atoms with Gasteiger partial charge in [-0.3, -0.25) is 0 Å². The molecule has 0 bridgehead atoms. The molecule has 2 heterocycles. The van der Waals surface area contributed by atoms with Gasteiger partial charge in [-0.25, -0.2) is 5.43 Å². The first-order valence-electron chi connectivity index (χ1n) is 4.26. The lowest BCUT2D eigenvalue weighted by molar-refractivity contribution is 0.374. The van der Waals surface area contributed by atoms with Crippen LogP contribution in [0.3, 0.4) is 0 Å². The van der Waals surface area contributed by atoms with E-state index in [4.69, 9.17) is 5.73 Å². The molecule has 0 aliphatic carbocycles. The topological polar surface area (TPSA) is 41.3 Å². The number of nitrogens with one attached hydrogen (secondary N) is 1. The molecule has 1 aromatic heterocycles. The first kappa shape index (κ1) is 8.74. The maximum Gasteiger partial charge on any atom is 0.0429 e. The van der Waals surface area contributed by atoms with Crippen LogP contribution in [0.1, 0.15) is 9.75 Å². The Kier molecular flexibility index (Phi) is 2.35. The zero-order valence-electron chi connectivity index (χ0n) is 7.58. The van der Waals surface area contributed by atoms with Crippen LogP contribution < -0.4 is 11.2 Å². The van der Waals surface area contributed by atoms with Crippen molar-refractivity contribution in [3.05, 3.63) is 28.1 Å². The minimum atomic E-state index is 0.640. The summed E-state index contributed by atoms with van der Waals surface area (Å²) >= 11 is 1.77. The number of nitrogens with two attached hydrogens (primary N) is 1. The number of thiophene rings is 1. The third-order valence-corrected chi connectivity index (χ3v) is 3.23. The van der Waals surface area contributed by atoms with E-state index in [2.05, 4.69) is 23.8 Å². The molecule has 1 aromatic rings. The van der Waals surface area contributed by atoms with Crippen LogP contribution in [-0.4, -0.2) is 18.6 Å². The number of rotatable bonds is 2. The van der Waals surface area contributed by atoms with Crippen molar-refractivity contribution < 1.29 is 0 Å². The lowest BCUT2D eigenvalue weighted by atomic mass is 10.2. The molecular weight excluding hydrogens is 182 g/mol. The van der Waals surface area contributed by atoms with Gasteiger partial charge in [0.05, 0.1) is 0 Å². The monoisotopic (exact) mass is 195 g/mol. The third-order valence-electron chi connectivity index (χ3n) is 2.05. The van der Waals surface area contributed by atoms with Crippen molar-refractivity contribution in [3.63, 3.8) is 0 Å². The zero-order valence-corrected chi connectivity index (χ0v) is 8.40. The molecule has 0 radical (unpaired) electrons. The van der Waals surface area contributed by atoms with E-state index in [0.717, 1.165) is 6.54 Å². The third kappa shape index (κ3) is 1.75. The summed E-state index contributed by atoms with van der Waals surface area (Å²) in [5.74, 6) is 0. The van der Waals surface area contributed by atoms with E-state index in [1.54, 1.807) is 11.3 Å². The van der Waals surface area contributed by atoms with Crippen LogP contribution >= 0.6 is 11.3 Å². The van der Waals surface area contributed by atoms with E-state index in [0.29, 0.717) is 6.54 Å². The molecule has 0 aromatic carbocycles. The largest absolute Gasteiger partial charge is 0.326 e. The summed E-state index contributed by atoms with van der Waals surface area (Å²) in [6.45, 7) is 1.56. The normalized spacial score (nSPS) is 16.5. The van der Waals surface area contributed by atoms with Gasteiger partial charge < -0.3 is 10.7 Å². The van der Waals surface area contributed by atoms with E-state index < -0.39 is 0 Å².